The van der Waals surface area contributed by atoms with Crippen LogP contribution in [0.25, 0.3) is 0 Å². The van der Waals surface area contributed by atoms with Crippen molar-refractivity contribution in [2.75, 3.05) is 38.0 Å². The van der Waals surface area contributed by atoms with Crippen LogP contribution in [0.1, 0.15) is 19.6 Å². The first-order valence-corrected chi connectivity index (χ1v) is 7.45. The van der Waals surface area contributed by atoms with Crippen molar-refractivity contribution < 1.29 is 14.1 Å². The minimum absolute atomic E-state index is 0.0194. The molecule has 0 atom stereocenters. The van der Waals surface area contributed by atoms with E-state index in [2.05, 4.69) is 15.8 Å². The number of nitrogens with one attached hydrogen (secondary N) is 2. The van der Waals surface area contributed by atoms with Crippen molar-refractivity contribution in [3.8, 4) is 0 Å². The van der Waals surface area contributed by atoms with Gasteiger partial charge in [-0.05, 0) is 20.8 Å². The fourth-order valence-electron chi connectivity index (χ4n) is 2.29. The van der Waals surface area contributed by atoms with E-state index in [0.717, 1.165) is 0 Å². The Kier molecular flexibility index (Phi) is 5.37. The lowest BCUT2D eigenvalue weighted by molar-refractivity contribution is -0.123. The predicted molar refractivity (Wildman–Crippen MR) is 81.6 cm³/mol. The normalized spacial score (nSPS) is 15.9. The molecule has 0 aliphatic carbocycles. The Morgan fingerprint density at radius 1 is 1.32 bits per heavy atom. The van der Waals surface area contributed by atoms with Crippen LogP contribution in [0.15, 0.2) is 10.6 Å². The molecule has 1 aliphatic heterocycles. The van der Waals surface area contributed by atoms with Crippen LogP contribution in [-0.4, -0.2) is 65.7 Å². The number of nitrogens with zero attached hydrogens (tertiary/aromatic N) is 3. The minimum atomic E-state index is -0.195. The second-order valence-corrected chi connectivity index (χ2v) is 5.74. The molecule has 122 valence electrons. The Hall–Kier alpha value is -2.09. The summed E-state index contributed by atoms with van der Waals surface area (Å²) in [7, 11) is 0. The summed E-state index contributed by atoms with van der Waals surface area (Å²) in [6.07, 6.45) is 0. The highest BCUT2D eigenvalue weighted by Gasteiger charge is 2.23. The van der Waals surface area contributed by atoms with E-state index in [1.165, 1.54) is 0 Å². The number of carbonyl (C=O) groups excluding carboxylic acids is 2. The fourth-order valence-corrected chi connectivity index (χ4v) is 2.29. The maximum absolute atomic E-state index is 12.1. The first-order valence-electron chi connectivity index (χ1n) is 7.45. The van der Waals surface area contributed by atoms with Gasteiger partial charge in [0.2, 0.25) is 5.91 Å². The molecule has 0 unspecified atom stereocenters. The van der Waals surface area contributed by atoms with E-state index < -0.39 is 0 Å². The monoisotopic (exact) mass is 309 g/mol. The van der Waals surface area contributed by atoms with Gasteiger partial charge in [-0.1, -0.05) is 5.16 Å². The van der Waals surface area contributed by atoms with Gasteiger partial charge in [-0.2, -0.15) is 0 Å². The van der Waals surface area contributed by atoms with Crippen molar-refractivity contribution in [2.45, 2.75) is 26.8 Å². The number of hydrogen-bond acceptors (Lipinski definition) is 5. The number of hydrogen-bond donors (Lipinski definition) is 2. The summed E-state index contributed by atoms with van der Waals surface area (Å²) in [6, 6.07) is 1.62. The molecule has 3 amide bonds. The van der Waals surface area contributed by atoms with E-state index >= 15 is 0 Å². The largest absolute Gasteiger partial charge is 0.360 e. The smallest absolute Gasteiger partial charge is 0.323 e. The van der Waals surface area contributed by atoms with Crippen LogP contribution in [0, 0.1) is 6.92 Å². The summed E-state index contributed by atoms with van der Waals surface area (Å²) in [5.74, 6) is 1.09. The molecule has 0 saturated carbocycles. The summed E-state index contributed by atoms with van der Waals surface area (Å²) in [4.78, 5) is 27.6. The van der Waals surface area contributed by atoms with Crippen molar-refractivity contribution in [3.63, 3.8) is 0 Å². The molecule has 1 saturated heterocycles. The lowest BCUT2D eigenvalue weighted by Crippen LogP contribution is -2.52. The highest BCUT2D eigenvalue weighted by molar-refractivity contribution is 5.88. The zero-order valence-corrected chi connectivity index (χ0v) is 13.3. The topological polar surface area (TPSA) is 90.7 Å². The number of rotatable bonds is 4. The molecule has 1 aromatic rings. The highest BCUT2D eigenvalue weighted by Crippen LogP contribution is 2.09. The average molecular weight is 309 g/mol. The summed E-state index contributed by atoms with van der Waals surface area (Å²) in [6.45, 7) is 8.53. The first kappa shape index (κ1) is 16.3. The minimum Gasteiger partial charge on any atom is -0.360 e. The molecular formula is C14H23N5O3. The molecule has 1 aliphatic rings. The third-order valence-corrected chi connectivity index (χ3v) is 3.34. The van der Waals surface area contributed by atoms with E-state index in [-0.39, 0.29) is 18.0 Å². The van der Waals surface area contributed by atoms with Crippen molar-refractivity contribution >= 4 is 17.8 Å². The highest BCUT2D eigenvalue weighted by atomic mass is 16.5. The average Bonchev–Trinajstić information content (AvgIpc) is 2.83. The maximum atomic E-state index is 12.1. The first-order chi connectivity index (χ1) is 10.4. The number of piperazine rings is 1. The van der Waals surface area contributed by atoms with Crippen molar-refractivity contribution in [2.24, 2.45) is 0 Å². The summed E-state index contributed by atoms with van der Waals surface area (Å²) in [5, 5.41) is 9.30. The molecule has 22 heavy (non-hydrogen) atoms. The van der Waals surface area contributed by atoms with E-state index in [1.807, 2.05) is 18.7 Å². The van der Waals surface area contributed by atoms with Crippen LogP contribution in [0.2, 0.25) is 0 Å². The van der Waals surface area contributed by atoms with Gasteiger partial charge in [0.25, 0.3) is 0 Å². The number of anilines is 1. The Balaban J connectivity index is 1.74. The standard InChI is InChI=1S/C14H23N5O3/c1-10(2)15-13(20)9-18-4-6-19(7-5-18)14(21)16-12-8-11(3)22-17-12/h8,10H,4-7,9H2,1-3H3,(H,15,20)(H,16,17,21). The molecule has 2 rings (SSSR count). The number of aryl methyl sites for hydroxylation is 1. The van der Waals surface area contributed by atoms with E-state index in [1.54, 1.807) is 17.9 Å². The quantitative estimate of drug-likeness (QED) is 0.852. The van der Waals surface area contributed by atoms with Gasteiger partial charge in [0, 0.05) is 38.3 Å². The predicted octanol–water partition coefficient (Wildman–Crippen LogP) is 0.657. The van der Waals surface area contributed by atoms with Gasteiger partial charge in [0.1, 0.15) is 5.76 Å². The third-order valence-electron chi connectivity index (χ3n) is 3.34. The fraction of sp³-hybridized carbons (Fsp3) is 0.643. The van der Waals surface area contributed by atoms with Gasteiger partial charge in [-0.3, -0.25) is 15.0 Å². The Morgan fingerprint density at radius 2 is 2.00 bits per heavy atom. The molecule has 2 heterocycles. The molecule has 0 spiro atoms. The zero-order valence-electron chi connectivity index (χ0n) is 13.3. The van der Waals surface area contributed by atoms with Crippen LogP contribution in [0.4, 0.5) is 10.6 Å². The van der Waals surface area contributed by atoms with E-state index in [9.17, 15) is 9.59 Å². The van der Waals surface area contributed by atoms with Crippen LogP contribution in [-0.2, 0) is 4.79 Å². The Bertz CT molecular complexity index is 520. The number of carbonyl (C=O) groups is 2. The summed E-state index contributed by atoms with van der Waals surface area (Å²) < 4.78 is 4.91. The van der Waals surface area contributed by atoms with Crippen LogP contribution < -0.4 is 10.6 Å². The molecular weight excluding hydrogens is 286 g/mol. The molecule has 1 aromatic heterocycles. The van der Waals surface area contributed by atoms with Crippen molar-refractivity contribution in [1.82, 2.24) is 20.3 Å². The van der Waals surface area contributed by atoms with Gasteiger partial charge >= 0.3 is 6.03 Å². The molecule has 0 aromatic carbocycles. The van der Waals surface area contributed by atoms with Crippen molar-refractivity contribution in [1.29, 1.82) is 0 Å². The van der Waals surface area contributed by atoms with Crippen LogP contribution in [0.3, 0.4) is 0 Å². The lowest BCUT2D eigenvalue weighted by atomic mass is 10.3. The molecule has 0 radical (unpaired) electrons. The summed E-state index contributed by atoms with van der Waals surface area (Å²) >= 11 is 0. The van der Waals surface area contributed by atoms with E-state index in [4.69, 9.17) is 4.52 Å². The zero-order chi connectivity index (χ0) is 16.1. The van der Waals surface area contributed by atoms with Crippen LogP contribution in [0.5, 0.6) is 0 Å². The Labute approximate surface area is 129 Å². The van der Waals surface area contributed by atoms with Gasteiger partial charge in [0.05, 0.1) is 6.54 Å². The van der Waals surface area contributed by atoms with Gasteiger partial charge in [-0.15, -0.1) is 0 Å². The molecule has 1 fully saturated rings. The molecule has 2 N–H and O–H groups in total. The summed E-state index contributed by atoms with van der Waals surface area (Å²) in [5.41, 5.74) is 0. The van der Waals surface area contributed by atoms with Gasteiger partial charge in [-0.25, -0.2) is 4.79 Å². The molecule has 0 bridgehead atoms. The lowest BCUT2D eigenvalue weighted by Gasteiger charge is -2.34. The molecule has 8 nitrogen and oxygen atoms in total. The van der Waals surface area contributed by atoms with Gasteiger partial charge < -0.3 is 14.7 Å². The molecule has 8 heteroatoms. The number of urea groups is 1. The van der Waals surface area contributed by atoms with Crippen LogP contribution >= 0.6 is 0 Å². The van der Waals surface area contributed by atoms with Crippen molar-refractivity contribution in [3.05, 3.63) is 11.8 Å². The third kappa shape index (κ3) is 4.73. The second-order valence-electron chi connectivity index (χ2n) is 5.74. The second kappa shape index (κ2) is 7.26. The SMILES string of the molecule is Cc1cc(NC(=O)N2CCN(CC(=O)NC(C)C)CC2)no1. The van der Waals surface area contributed by atoms with E-state index in [0.29, 0.717) is 44.3 Å². The Morgan fingerprint density at radius 3 is 2.55 bits per heavy atom. The maximum Gasteiger partial charge on any atom is 0.323 e. The van der Waals surface area contributed by atoms with Gasteiger partial charge in [0.15, 0.2) is 5.82 Å². The number of amides is 3. The number of aromatic nitrogens is 1.